The number of nitrogens with zero attached hydrogens (tertiary/aromatic N) is 2. The van der Waals surface area contributed by atoms with E-state index in [0.717, 1.165) is 24.0 Å². The minimum Gasteiger partial charge on any atom is -0.507 e. The Hall–Kier alpha value is -1.82. The monoisotopic (exact) mass is 214 g/mol. The summed E-state index contributed by atoms with van der Waals surface area (Å²) >= 11 is 0. The minimum atomic E-state index is 0.0585. The van der Waals surface area contributed by atoms with E-state index in [2.05, 4.69) is 11.1 Å². The van der Waals surface area contributed by atoms with Crippen LogP contribution in [0.4, 0.5) is 0 Å². The number of phenolic OH excluding ortho intramolecular Hbond substituents is 1. The zero-order valence-electron chi connectivity index (χ0n) is 9.22. The lowest BCUT2D eigenvalue weighted by Crippen LogP contribution is -2.28. The van der Waals surface area contributed by atoms with E-state index >= 15 is 0 Å². The van der Waals surface area contributed by atoms with Gasteiger partial charge >= 0.3 is 0 Å². The summed E-state index contributed by atoms with van der Waals surface area (Å²) in [5, 5.41) is 18.5. The molecule has 16 heavy (non-hydrogen) atoms. The zero-order valence-corrected chi connectivity index (χ0v) is 9.22. The molecule has 0 saturated heterocycles. The molecule has 1 fully saturated rings. The van der Waals surface area contributed by atoms with Gasteiger partial charge in [0.15, 0.2) is 0 Å². The van der Waals surface area contributed by atoms with Gasteiger partial charge in [0.25, 0.3) is 0 Å². The summed E-state index contributed by atoms with van der Waals surface area (Å²) in [5.41, 5.74) is 1.57. The highest BCUT2D eigenvalue weighted by atomic mass is 16.3. The lowest BCUT2D eigenvalue weighted by atomic mass is 9.81. The van der Waals surface area contributed by atoms with Crippen LogP contribution in [0.3, 0.4) is 0 Å². The molecule has 1 aliphatic carbocycles. The van der Waals surface area contributed by atoms with Gasteiger partial charge in [0.1, 0.15) is 5.75 Å². The average molecular weight is 214 g/mol. The summed E-state index contributed by atoms with van der Waals surface area (Å²) in [6, 6.07) is 7.92. The highest BCUT2D eigenvalue weighted by Gasteiger charge is 2.29. The van der Waals surface area contributed by atoms with E-state index in [1.165, 1.54) is 0 Å². The van der Waals surface area contributed by atoms with Crippen molar-refractivity contribution in [2.45, 2.75) is 25.8 Å². The lowest BCUT2D eigenvalue weighted by Gasteiger charge is -2.27. The standard InChI is InChI=1S/C13H14N2O/c1-9-3-2-4-11(13(9)16)8-15-12-6-5-10(12)7-14/h2-4,8,10,12,16H,5-6H2,1H3. The van der Waals surface area contributed by atoms with Crippen LogP contribution in [0.1, 0.15) is 24.0 Å². The van der Waals surface area contributed by atoms with Crippen molar-refractivity contribution in [2.75, 3.05) is 0 Å². The summed E-state index contributed by atoms with van der Waals surface area (Å²) in [5.74, 6) is 0.335. The van der Waals surface area contributed by atoms with Gasteiger partial charge < -0.3 is 5.11 Å². The first-order chi connectivity index (χ1) is 7.72. The molecule has 82 valence electrons. The van der Waals surface area contributed by atoms with E-state index in [1.807, 2.05) is 25.1 Å². The van der Waals surface area contributed by atoms with E-state index < -0.39 is 0 Å². The third-order valence-corrected chi connectivity index (χ3v) is 3.08. The smallest absolute Gasteiger partial charge is 0.127 e. The second-order valence-electron chi connectivity index (χ2n) is 4.17. The molecule has 2 rings (SSSR count). The first-order valence-electron chi connectivity index (χ1n) is 5.43. The molecule has 3 heteroatoms. The number of benzene rings is 1. The van der Waals surface area contributed by atoms with Crippen molar-refractivity contribution in [3.63, 3.8) is 0 Å². The van der Waals surface area contributed by atoms with Crippen molar-refractivity contribution < 1.29 is 5.11 Å². The highest BCUT2D eigenvalue weighted by molar-refractivity contribution is 5.84. The van der Waals surface area contributed by atoms with Crippen molar-refractivity contribution in [1.82, 2.24) is 0 Å². The summed E-state index contributed by atoms with van der Waals surface area (Å²) in [6.07, 6.45) is 3.59. The molecular formula is C13H14N2O. The number of aliphatic imine (C=N–C) groups is 1. The zero-order chi connectivity index (χ0) is 11.5. The molecule has 0 heterocycles. The van der Waals surface area contributed by atoms with Crippen LogP contribution in [-0.4, -0.2) is 17.4 Å². The van der Waals surface area contributed by atoms with Crippen LogP contribution in [0.15, 0.2) is 23.2 Å². The number of rotatable bonds is 2. The first kappa shape index (κ1) is 10.7. The lowest BCUT2D eigenvalue weighted by molar-refractivity contribution is 0.329. The second-order valence-corrected chi connectivity index (χ2v) is 4.17. The van der Waals surface area contributed by atoms with Crippen molar-refractivity contribution in [1.29, 1.82) is 5.26 Å². The van der Waals surface area contributed by atoms with Gasteiger partial charge in [-0.1, -0.05) is 12.1 Å². The molecule has 0 amide bonds. The average Bonchev–Trinajstić information content (AvgIpc) is 2.23. The van der Waals surface area contributed by atoms with Gasteiger partial charge in [-0.15, -0.1) is 0 Å². The molecule has 2 unspecified atom stereocenters. The van der Waals surface area contributed by atoms with Crippen LogP contribution in [0, 0.1) is 24.2 Å². The Morgan fingerprint density at radius 2 is 2.31 bits per heavy atom. The van der Waals surface area contributed by atoms with Gasteiger partial charge in [-0.05, 0) is 31.4 Å². The van der Waals surface area contributed by atoms with E-state index in [0.29, 0.717) is 0 Å². The van der Waals surface area contributed by atoms with Crippen LogP contribution >= 0.6 is 0 Å². The quantitative estimate of drug-likeness (QED) is 0.768. The van der Waals surface area contributed by atoms with Gasteiger partial charge in [-0.2, -0.15) is 5.26 Å². The largest absolute Gasteiger partial charge is 0.507 e. The number of aromatic hydroxyl groups is 1. The van der Waals surface area contributed by atoms with Gasteiger partial charge in [-0.25, -0.2) is 0 Å². The van der Waals surface area contributed by atoms with E-state index in [1.54, 1.807) is 6.21 Å². The Morgan fingerprint density at radius 1 is 1.50 bits per heavy atom. The van der Waals surface area contributed by atoms with Gasteiger partial charge in [0.05, 0.1) is 18.0 Å². The molecule has 1 N–H and O–H groups in total. The number of hydrogen-bond donors (Lipinski definition) is 1. The Labute approximate surface area is 95.1 Å². The van der Waals surface area contributed by atoms with Crippen molar-refractivity contribution in [2.24, 2.45) is 10.9 Å². The Bertz CT molecular complexity index is 459. The fourth-order valence-electron chi connectivity index (χ4n) is 1.77. The van der Waals surface area contributed by atoms with Gasteiger partial charge in [-0.3, -0.25) is 4.99 Å². The van der Waals surface area contributed by atoms with Crippen LogP contribution < -0.4 is 0 Å². The van der Waals surface area contributed by atoms with Crippen molar-refractivity contribution in [3.8, 4) is 11.8 Å². The maximum absolute atomic E-state index is 9.77. The van der Waals surface area contributed by atoms with Crippen LogP contribution in [0.2, 0.25) is 0 Å². The Morgan fingerprint density at radius 3 is 2.94 bits per heavy atom. The molecule has 1 aliphatic rings. The molecule has 0 aromatic heterocycles. The van der Waals surface area contributed by atoms with Gasteiger partial charge in [0.2, 0.25) is 0 Å². The number of nitriles is 1. The maximum Gasteiger partial charge on any atom is 0.127 e. The first-order valence-corrected chi connectivity index (χ1v) is 5.43. The number of hydrogen-bond acceptors (Lipinski definition) is 3. The summed E-state index contributed by atoms with van der Waals surface area (Å²) in [4.78, 5) is 4.35. The molecule has 3 nitrogen and oxygen atoms in total. The Balaban J connectivity index is 2.12. The van der Waals surface area contributed by atoms with E-state index in [-0.39, 0.29) is 17.7 Å². The highest BCUT2D eigenvalue weighted by Crippen LogP contribution is 2.30. The van der Waals surface area contributed by atoms with E-state index in [9.17, 15) is 5.11 Å². The minimum absolute atomic E-state index is 0.0585. The van der Waals surface area contributed by atoms with Gasteiger partial charge in [0, 0.05) is 11.8 Å². The van der Waals surface area contributed by atoms with Crippen LogP contribution in [0.25, 0.3) is 0 Å². The molecule has 1 saturated carbocycles. The predicted octanol–water partition coefficient (Wildman–Crippen LogP) is 2.42. The van der Waals surface area contributed by atoms with Crippen molar-refractivity contribution in [3.05, 3.63) is 29.3 Å². The third-order valence-electron chi connectivity index (χ3n) is 3.08. The fraction of sp³-hybridized carbons (Fsp3) is 0.385. The molecule has 0 aliphatic heterocycles. The molecule has 0 spiro atoms. The molecule has 1 aromatic carbocycles. The second kappa shape index (κ2) is 4.36. The van der Waals surface area contributed by atoms with E-state index in [4.69, 9.17) is 5.26 Å². The predicted molar refractivity (Wildman–Crippen MR) is 62.6 cm³/mol. The molecule has 0 radical (unpaired) electrons. The topological polar surface area (TPSA) is 56.4 Å². The maximum atomic E-state index is 9.77. The summed E-state index contributed by atoms with van der Waals surface area (Å²) in [6.45, 7) is 1.86. The third kappa shape index (κ3) is 1.92. The van der Waals surface area contributed by atoms with Crippen molar-refractivity contribution >= 4 is 6.21 Å². The SMILES string of the molecule is Cc1cccc(C=NC2CCC2C#N)c1O. The fourth-order valence-corrected chi connectivity index (χ4v) is 1.77. The number of para-hydroxylation sites is 1. The van der Waals surface area contributed by atoms with Crippen LogP contribution in [-0.2, 0) is 0 Å². The normalized spacial score (nSPS) is 24.0. The Kier molecular flexibility index (Phi) is 2.91. The number of phenols is 1. The number of aryl methyl sites for hydroxylation is 1. The molecule has 0 bridgehead atoms. The molecular weight excluding hydrogens is 200 g/mol. The van der Waals surface area contributed by atoms with Crippen LogP contribution in [0.5, 0.6) is 5.75 Å². The summed E-state index contributed by atoms with van der Waals surface area (Å²) < 4.78 is 0. The summed E-state index contributed by atoms with van der Waals surface area (Å²) in [7, 11) is 0. The molecule has 1 aromatic rings. The molecule has 2 atom stereocenters.